The van der Waals surface area contributed by atoms with E-state index in [2.05, 4.69) is 40.0 Å². The fourth-order valence-corrected chi connectivity index (χ4v) is 10.1. The molecule has 3 fully saturated rings. The van der Waals surface area contributed by atoms with Crippen LogP contribution in [0.3, 0.4) is 0 Å². The van der Waals surface area contributed by atoms with Crippen molar-refractivity contribution in [3.8, 4) is 0 Å². The highest BCUT2D eigenvalue weighted by Gasteiger charge is 2.75. The lowest BCUT2D eigenvalue weighted by molar-refractivity contribution is -0.153. The van der Waals surface area contributed by atoms with Crippen LogP contribution < -0.4 is 10.2 Å². The lowest BCUT2D eigenvalue weighted by atomic mass is 9.71. The van der Waals surface area contributed by atoms with E-state index in [1.54, 1.807) is 23.6 Å². The van der Waals surface area contributed by atoms with E-state index in [9.17, 15) is 14.4 Å². The van der Waals surface area contributed by atoms with Crippen molar-refractivity contribution in [2.75, 3.05) is 43.1 Å². The average molecular weight is 611 g/mol. The largest absolute Gasteiger partial charge is 0.466 e. The summed E-state index contributed by atoms with van der Waals surface area (Å²) in [6.07, 6.45) is 3.85. The second-order valence-corrected chi connectivity index (χ2v) is 13.0. The Morgan fingerprint density at radius 3 is 2.47 bits per heavy atom. The number of carbonyl (C=O) groups is 3. The molecule has 1 spiro atoms. The number of unbranched alkanes of at least 4 members (excludes halogenated alkanes) is 3. The fraction of sp³-hybridized carbons (Fsp3) is 0.679. The molecule has 2 bridgehead atoms. The number of nitrogens with zero attached hydrogens (tertiary/aromatic N) is 2. The molecule has 2 amide bonds. The van der Waals surface area contributed by atoms with Crippen molar-refractivity contribution < 1.29 is 24.2 Å². The second-order valence-electron chi connectivity index (χ2n) is 10.3. The summed E-state index contributed by atoms with van der Waals surface area (Å²) in [6.45, 7) is 8.66. The van der Waals surface area contributed by atoms with Crippen LogP contribution in [0.15, 0.2) is 24.3 Å². The molecular weight excluding hydrogens is 570 g/mol. The molecule has 1 aromatic rings. The minimum atomic E-state index is -0.677. The minimum Gasteiger partial charge on any atom is -0.466 e. The van der Waals surface area contributed by atoms with Crippen molar-refractivity contribution in [1.29, 1.82) is 0 Å². The molecule has 0 aromatic heterocycles. The van der Waals surface area contributed by atoms with Crippen LogP contribution in [0.25, 0.3) is 0 Å². The molecule has 0 radical (unpaired) electrons. The minimum absolute atomic E-state index is 0.0270. The van der Waals surface area contributed by atoms with Gasteiger partial charge in [-0.3, -0.25) is 14.4 Å². The first kappa shape index (κ1) is 29.2. The highest BCUT2D eigenvalue weighted by atomic mass is 79.9. The summed E-state index contributed by atoms with van der Waals surface area (Å²) in [7, 11) is 0. The van der Waals surface area contributed by atoms with Gasteiger partial charge in [-0.1, -0.05) is 28.8 Å². The number of halogens is 1. The van der Waals surface area contributed by atoms with Crippen LogP contribution in [0.4, 0.5) is 11.4 Å². The van der Waals surface area contributed by atoms with Crippen molar-refractivity contribution in [3.63, 3.8) is 0 Å². The Morgan fingerprint density at radius 1 is 1.16 bits per heavy atom. The van der Waals surface area contributed by atoms with Gasteiger partial charge in [0.2, 0.25) is 11.8 Å². The predicted octanol–water partition coefficient (Wildman–Crippen LogP) is 4.05. The molecule has 4 rings (SSSR count). The first-order chi connectivity index (χ1) is 18.3. The van der Waals surface area contributed by atoms with E-state index in [-0.39, 0.29) is 41.1 Å². The van der Waals surface area contributed by atoms with Crippen LogP contribution in [0.5, 0.6) is 0 Å². The Kier molecular flexibility index (Phi) is 9.68. The quantitative estimate of drug-likeness (QED) is 0.198. The number of ether oxygens (including phenoxy) is 1. The Labute approximate surface area is 238 Å². The van der Waals surface area contributed by atoms with E-state index >= 15 is 0 Å². The van der Waals surface area contributed by atoms with Gasteiger partial charge in [-0.05, 0) is 64.3 Å². The van der Waals surface area contributed by atoms with Gasteiger partial charge in [0.1, 0.15) is 6.04 Å². The van der Waals surface area contributed by atoms with Gasteiger partial charge in [0.05, 0.1) is 23.2 Å². The number of anilines is 2. The molecule has 10 heteroatoms. The predicted molar refractivity (Wildman–Crippen MR) is 155 cm³/mol. The summed E-state index contributed by atoms with van der Waals surface area (Å²) >= 11 is 5.39. The Hall–Kier alpha value is -1.78. The smallest absolute Gasteiger partial charge is 0.310 e. The van der Waals surface area contributed by atoms with Crippen molar-refractivity contribution >= 4 is 56.9 Å². The number of fused-ring (bicyclic) bond motifs is 1. The third-order valence-electron chi connectivity index (χ3n) is 8.17. The summed E-state index contributed by atoms with van der Waals surface area (Å²) in [5.74, 6) is -1.79. The number of likely N-dealkylation sites (tertiary alicyclic amines) is 1. The van der Waals surface area contributed by atoms with Crippen LogP contribution >= 0.6 is 27.7 Å². The molecule has 0 saturated carbocycles. The van der Waals surface area contributed by atoms with Crippen LogP contribution in [0, 0.1) is 11.8 Å². The maximum absolute atomic E-state index is 14.0. The molecular formula is C28H40BrN3O5S. The van der Waals surface area contributed by atoms with Crippen molar-refractivity contribution in [2.45, 2.75) is 73.7 Å². The third-order valence-corrected chi connectivity index (χ3v) is 11.4. The summed E-state index contributed by atoms with van der Waals surface area (Å²) in [6, 6.07) is 7.15. The van der Waals surface area contributed by atoms with Gasteiger partial charge in [-0.25, -0.2) is 0 Å². The topological polar surface area (TPSA) is 99.2 Å². The first-order valence-corrected chi connectivity index (χ1v) is 15.7. The van der Waals surface area contributed by atoms with Gasteiger partial charge in [0.25, 0.3) is 0 Å². The average Bonchev–Trinajstić information content (AvgIpc) is 3.49. The van der Waals surface area contributed by atoms with Gasteiger partial charge in [-0.15, -0.1) is 11.8 Å². The number of thioether (sulfide) groups is 1. The highest BCUT2D eigenvalue weighted by molar-refractivity contribution is 9.09. The fourth-order valence-electron chi connectivity index (χ4n) is 6.48. The molecule has 8 nitrogen and oxygen atoms in total. The number of hydrogen-bond donors (Lipinski definition) is 2. The number of rotatable bonds is 13. The molecule has 3 heterocycles. The molecule has 3 saturated heterocycles. The monoisotopic (exact) mass is 609 g/mol. The lowest BCUT2D eigenvalue weighted by Crippen LogP contribution is -2.52. The van der Waals surface area contributed by atoms with Gasteiger partial charge in [-0.2, -0.15) is 0 Å². The zero-order valence-electron chi connectivity index (χ0n) is 22.5. The number of carbonyl (C=O) groups excluding carboxylic acids is 3. The standard InChI is InChI=1S/C28H40BrN3O5S/c1-4-31(5-2)19-13-11-18(12-14-19)30-25(34)24-28-17-20(29)23(38-28)21(27(36)37-6-3)22(28)26(35)32(24)15-9-7-8-10-16-33/h11-14,20-24,33H,4-10,15-17H2,1-3H3,(H,30,34)/t20?,21-,22-,23-,24?,28?/m0/s1. The maximum Gasteiger partial charge on any atom is 0.310 e. The van der Waals surface area contributed by atoms with E-state index < -0.39 is 22.6 Å². The second kappa shape index (κ2) is 12.6. The lowest BCUT2D eigenvalue weighted by Gasteiger charge is -2.35. The first-order valence-electron chi connectivity index (χ1n) is 13.9. The Bertz CT molecular complexity index is 1010. The van der Waals surface area contributed by atoms with Gasteiger partial charge in [0, 0.05) is 47.7 Å². The number of aliphatic hydroxyl groups is 1. The molecule has 3 aliphatic rings. The molecule has 1 aromatic carbocycles. The SMILES string of the molecule is CCOC(=O)[C@H]1[C@H]2C(=O)N(CCCCCCO)C(C(=O)Nc3ccc(N(CC)CC)cc3)C23CC(Br)[C@@H]1S3. The van der Waals surface area contributed by atoms with Gasteiger partial charge in [0.15, 0.2) is 0 Å². The molecule has 0 aliphatic carbocycles. The van der Waals surface area contributed by atoms with Crippen molar-refractivity contribution in [3.05, 3.63) is 24.3 Å². The Balaban J connectivity index is 1.60. The molecule has 38 heavy (non-hydrogen) atoms. The van der Waals surface area contributed by atoms with Crippen LogP contribution in [0.2, 0.25) is 0 Å². The summed E-state index contributed by atoms with van der Waals surface area (Å²) < 4.78 is 4.73. The van der Waals surface area contributed by atoms with Crippen molar-refractivity contribution in [2.24, 2.45) is 11.8 Å². The normalized spacial score (nSPS) is 29.4. The summed E-state index contributed by atoms with van der Waals surface area (Å²) in [4.78, 5) is 45.0. The number of aliphatic hydroxyl groups excluding tert-OH is 1. The van der Waals surface area contributed by atoms with Crippen LogP contribution in [0.1, 0.15) is 52.9 Å². The highest BCUT2D eigenvalue weighted by Crippen LogP contribution is 2.67. The number of esters is 1. The third kappa shape index (κ3) is 5.32. The Morgan fingerprint density at radius 2 is 1.84 bits per heavy atom. The van der Waals surface area contributed by atoms with E-state index in [0.717, 1.165) is 44.5 Å². The van der Waals surface area contributed by atoms with Gasteiger partial charge < -0.3 is 25.0 Å². The number of hydrogen-bond acceptors (Lipinski definition) is 7. The number of benzene rings is 1. The molecule has 3 unspecified atom stereocenters. The molecule has 210 valence electrons. The number of alkyl halides is 1. The molecule has 3 aliphatic heterocycles. The van der Waals surface area contributed by atoms with E-state index in [1.165, 1.54) is 0 Å². The van der Waals surface area contributed by atoms with Gasteiger partial charge >= 0.3 is 5.97 Å². The molecule has 6 atom stereocenters. The zero-order valence-corrected chi connectivity index (χ0v) is 24.9. The number of amides is 2. The van der Waals surface area contributed by atoms with E-state index in [1.807, 2.05) is 24.3 Å². The van der Waals surface area contributed by atoms with E-state index in [0.29, 0.717) is 18.7 Å². The number of nitrogens with one attached hydrogen (secondary N) is 1. The van der Waals surface area contributed by atoms with Crippen molar-refractivity contribution in [1.82, 2.24) is 4.90 Å². The summed E-state index contributed by atoms with van der Waals surface area (Å²) in [5.41, 5.74) is 1.78. The zero-order chi connectivity index (χ0) is 27.4. The van der Waals surface area contributed by atoms with Crippen LogP contribution in [-0.2, 0) is 19.1 Å². The maximum atomic E-state index is 14.0. The summed E-state index contributed by atoms with van der Waals surface area (Å²) in [5, 5.41) is 12.1. The van der Waals surface area contributed by atoms with E-state index in [4.69, 9.17) is 9.84 Å². The molecule has 2 N–H and O–H groups in total. The van der Waals surface area contributed by atoms with Crippen LogP contribution in [-0.4, -0.2) is 81.5 Å².